The average Bonchev–Trinajstić information content (AvgIpc) is 2.54. The van der Waals surface area contributed by atoms with E-state index in [9.17, 15) is 4.39 Å². The summed E-state index contributed by atoms with van der Waals surface area (Å²) in [6, 6.07) is 15.2. The van der Waals surface area contributed by atoms with Crippen molar-refractivity contribution in [3.05, 3.63) is 66.1 Å². The Labute approximate surface area is 123 Å². The number of hydrogen-bond acceptors (Lipinski definition) is 2. The van der Waals surface area contributed by atoms with Crippen LogP contribution >= 0.6 is 0 Å². The zero-order valence-electron chi connectivity index (χ0n) is 12.1. The van der Waals surface area contributed by atoms with Crippen LogP contribution in [0, 0.1) is 5.82 Å². The minimum atomic E-state index is -0.223. The maximum Gasteiger partial charge on any atom is 0.131 e. The summed E-state index contributed by atoms with van der Waals surface area (Å²) in [5, 5.41) is 4.19. The Bertz CT molecular complexity index is 783. The fourth-order valence-electron chi connectivity index (χ4n) is 2.42. The lowest BCUT2D eigenvalue weighted by molar-refractivity contribution is 0.622. The lowest BCUT2D eigenvalue weighted by Gasteiger charge is -2.13. The molecule has 0 radical (unpaired) electrons. The number of rotatable bonds is 3. The highest BCUT2D eigenvalue weighted by Crippen LogP contribution is 2.27. The molecule has 3 rings (SSSR count). The van der Waals surface area contributed by atoms with Crippen LogP contribution in [0.25, 0.3) is 22.0 Å². The highest BCUT2D eigenvalue weighted by molar-refractivity contribution is 5.83. The van der Waals surface area contributed by atoms with E-state index in [0.29, 0.717) is 5.56 Å². The van der Waals surface area contributed by atoms with E-state index >= 15 is 0 Å². The molecule has 0 amide bonds. The van der Waals surface area contributed by atoms with Crippen molar-refractivity contribution in [3.63, 3.8) is 0 Å². The molecule has 0 saturated heterocycles. The zero-order valence-corrected chi connectivity index (χ0v) is 12.1. The first-order chi connectivity index (χ1) is 10.2. The smallest absolute Gasteiger partial charge is 0.131 e. The van der Waals surface area contributed by atoms with Crippen LogP contribution in [0.2, 0.25) is 0 Å². The Morgan fingerprint density at radius 2 is 1.90 bits per heavy atom. The summed E-state index contributed by atoms with van der Waals surface area (Å²) in [6.07, 6.45) is 1.73. The van der Waals surface area contributed by atoms with Gasteiger partial charge in [0.1, 0.15) is 5.82 Å². The van der Waals surface area contributed by atoms with Crippen LogP contribution in [0.3, 0.4) is 0 Å². The molecule has 1 N–H and O–H groups in total. The molecule has 3 heteroatoms. The van der Waals surface area contributed by atoms with Crippen LogP contribution in [-0.2, 0) is 0 Å². The SMILES string of the molecule is CNC(C)c1ccc(F)c(-c2cnc3ccccc3c2)c1. The van der Waals surface area contributed by atoms with Gasteiger partial charge in [0.15, 0.2) is 0 Å². The normalized spacial score (nSPS) is 12.5. The molecule has 1 atom stereocenters. The number of nitrogens with zero attached hydrogens (tertiary/aromatic N) is 1. The van der Waals surface area contributed by atoms with Crippen LogP contribution in [0.5, 0.6) is 0 Å². The van der Waals surface area contributed by atoms with Gasteiger partial charge in [-0.3, -0.25) is 4.98 Å². The molecule has 21 heavy (non-hydrogen) atoms. The predicted molar refractivity (Wildman–Crippen MR) is 84.6 cm³/mol. The number of para-hydroxylation sites is 1. The van der Waals surface area contributed by atoms with Crippen molar-refractivity contribution in [3.8, 4) is 11.1 Å². The second kappa shape index (κ2) is 5.62. The second-order valence-corrected chi connectivity index (χ2v) is 5.17. The van der Waals surface area contributed by atoms with Crippen LogP contribution in [0.4, 0.5) is 4.39 Å². The Morgan fingerprint density at radius 3 is 2.71 bits per heavy atom. The summed E-state index contributed by atoms with van der Waals surface area (Å²) < 4.78 is 14.2. The van der Waals surface area contributed by atoms with Gasteiger partial charge >= 0.3 is 0 Å². The molecule has 0 aliphatic heterocycles. The minimum Gasteiger partial charge on any atom is -0.313 e. The molecule has 2 nitrogen and oxygen atoms in total. The zero-order chi connectivity index (χ0) is 14.8. The lowest BCUT2D eigenvalue weighted by Crippen LogP contribution is -2.12. The third-order valence-corrected chi connectivity index (χ3v) is 3.82. The van der Waals surface area contributed by atoms with Gasteiger partial charge in [-0.1, -0.05) is 24.3 Å². The van der Waals surface area contributed by atoms with E-state index in [1.54, 1.807) is 6.20 Å². The van der Waals surface area contributed by atoms with Gasteiger partial charge in [-0.05, 0) is 43.8 Å². The maximum absolute atomic E-state index is 14.2. The number of benzene rings is 2. The van der Waals surface area contributed by atoms with Crippen LogP contribution in [-0.4, -0.2) is 12.0 Å². The third-order valence-electron chi connectivity index (χ3n) is 3.82. The van der Waals surface area contributed by atoms with E-state index in [-0.39, 0.29) is 11.9 Å². The van der Waals surface area contributed by atoms with Crippen molar-refractivity contribution in [2.75, 3.05) is 7.05 Å². The van der Waals surface area contributed by atoms with E-state index in [0.717, 1.165) is 22.0 Å². The van der Waals surface area contributed by atoms with E-state index in [1.807, 2.05) is 49.5 Å². The molecular weight excluding hydrogens is 263 g/mol. The quantitative estimate of drug-likeness (QED) is 0.772. The lowest BCUT2D eigenvalue weighted by atomic mass is 9.99. The molecule has 0 saturated carbocycles. The topological polar surface area (TPSA) is 24.9 Å². The minimum absolute atomic E-state index is 0.178. The number of fused-ring (bicyclic) bond motifs is 1. The van der Waals surface area contributed by atoms with Gasteiger partial charge in [-0.15, -0.1) is 0 Å². The maximum atomic E-state index is 14.2. The Morgan fingerprint density at radius 1 is 1.10 bits per heavy atom. The highest BCUT2D eigenvalue weighted by Gasteiger charge is 2.10. The molecule has 106 valence electrons. The molecule has 0 bridgehead atoms. The summed E-state index contributed by atoms with van der Waals surface area (Å²) in [7, 11) is 1.89. The molecule has 1 heterocycles. The average molecular weight is 280 g/mol. The van der Waals surface area contributed by atoms with E-state index in [2.05, 4.69) is 17.2 Å². The first-order valence-electron chi connectivity index (χ1n) is 7.01. The Hall–Kier alpha value is -2.26. The van der Waals surface area contributed by atoms with E-state index in [4.69, 9.17) is 0 Å². The largest absolute Gasteiger partial charge is 0.313 e. The number of pyridine rings is 1. The molecule has 3 aromatic rings. The monoisotopic (exact) mass is 280 g/mol. The first kappa shape index (κ1) is 13.7. The number of nitrogens with one attached hydrogen (secondary N) is 1. The van der Waals surface area contributed by atoms with Crippen molar-refractivity contribution in [2.24, 2.45) is 0 Å². The van der Waals surface area contributed by atoms with Gasteiger partial charge in [-0.2, -0.15) is 0 Å². The Balaban J connectivity index is 2.12. The van der Waals surface area contributed by atoms with Crippen molar-refractivity contribution >= 4 is 10.9 Å². The van der Waals surface area contributed by atoms with Crippen LogP contribution < -0.4 is 5.32 Å². The number of halogens is 1. The van der Waals surface area contributed by atoms with Gasteiger partial charge in [0.05, 0.1) is 5.52 Å². The van der Waals surface area contributed by atoms with Gasteiger partial charge in [-0.25, -0.2) is 4.39 Å². The van der Waals surface area contributed by atoms with Gasteiger partial charge in [0, 0.05) is 28.8 Å². The molecule has 1 unspecified atom stereocenters. The second-order valence-electron chi connectivity index (χ2n) is 5.17. The summed E-state index contributed by atoms with van der Waals surface area (Å²) >= 11 is 0. The van der Waals surface area contributed by atoms with Crippen LogP contribution in [0.15, 0.2) is 54.7 Å². The fourth-order valence-corrected chi connectivity index (χ4v) is 2.42. The van der Waals surface area contributed by atoms with Gasteiger partial charge < -0.3 is 5.32 Å². The van der Waals surface area contributed by atoms with Crippen LogP contribution in [0.1, 0.15) is 18.5 Å². The van der Waals surface area contributed by atoms with Gasteiger partial charge in [0.25, 0.3) is 0 Å². The van der Waals surface area contributed by atoms with E-state index in [1.165, 1.54) is 6.07 Å². The summed E-state index contributed by atoms with van der Waals surface area (Å²) in [6.45, 7) is 2.05. The molecule has 0 aliphatic rings. The standard InChI is InChI=1S/C18H17FN2/c1-12(20-2)13-7-8-17(19)16(10-13)15-9-14-5-3-4-6-18(14)21-11-15/h3-12,20H,1-2H3. The summed E-state index contributed by atoms with van der Waals surface area (Å²) in [5.74, 6) is -0.223. The highest BCUT2D eigenvalue weighted by atomic mass is 19.1. The van der Waals surface area contributed by atoms with E-state index < -0.39 is 0 Å². The summed E-state index contributed by atoms with van der Waals surface area (Å²) in [4.78, 5) is 4.41. The summed E-state index contributed by atoms with van der Waals surface area (Å²) in [5.41, 5.74) is 3.37. The predicted octanol–water partition coefficient (Wildman–Crippen LogP) is 4.32. The molecule has 2 aromatic carbocycles. The molecule has 0 fully saturated rings. The van der Waals surface area contributed by atoms with Crippen molar-refractivity contribution in [1.82, 2.24) is 10.3 Å². The number of aromatic nitrogens is 1. The Kier molecular flexibility index (Phi) is 3.67. The van der Waals surface area contributed by atoms with Crippen molar-refractivity contribution in [1.29, 1.82) is 0 Å². The van der Waals surface area contributed by atoms with Crippen molar-refractivity contribution < 1.29 is 4.39 Å². The molecule has 1 aromatic heterocycles. The first-order valence-corrected chi connectivity index (χ1v) is 7.01. The van der Waals surface area contributed by atoms with Gasteiger partial charge in [0.2, 0.25) is 0 Å². The molecule has 0 spiro atoms. The fraction of sp³-hybridized carbons (Fsp3) is 0.167. The molecule has 0 aliphatic carbocycles. The third kappa shape index (κ3) is 2.65. The molecular formula is C18H17FN2. The van der Waals surface area contributed by atoms with Crippen molar-refractivity contribution in [2.45, 2.75) is 13.0 Å². The number of hydrogen-bond donors (Lipinski definition) is 1.